The Morgan fingerprint density at radius 3 is 2.40 bits per heavy atom. The normalized spacial score (nSPS) is 11.2. The molecule has 0 amide bonds. The van der Waals surface area contributed by atoms with Crippen LogP contribution >= 0.6 is 11.6 Å². The lowest BCUT2D eigenvalue weighted by Crippen LogP contribution is -2.17. The maximum absolute atomic E-state index is 12.2. The summed E-state index contributed by atoms with van der Waals surface area (Å²) in [6.45, 7) is 0. The summed E-state index contributed by atoms with van der Waals surface area (Å²) < 4.78 is 45.6. The van der Waals surface area contributed by atoms with Crippen LogP contribution in [0.5, 0.6) is 11.5 Å². The van der Waals surface area contributed by atoms with Crippen LogP contribution < -0.4 is 9.47 Å². The Bertz CT molecular complexity index is 612. The Kier molecular flexibility index (Phi) is 4.09. The second kappa shape index (κ2) is 5.63. The van der Waals surface area contributed by atoms with Crippen molar-refractivity contribution in [1.82, 2.24) is 0 Å². The molecule has 2 aromatic rings. The molecule has 2 rings (SSSR count). The van der Waals surface area contributed by atoms with Gasteiger partial charge in [-0.05, 0) is 35.9 Å². The van der Waals surface area contributed by atoms with Crippen molar-refractivity contribution in [2.24, 2.45) is 0 Å². The third-order valence-electron chi connectivity index (χ3n) is 2.55. The summed E-state index contributed by atoms with van der Waals surface area (Å²) in [6.07, 6.45) is -4.73. The molecule has 106 valence electrons. The maximum Gasteiger partial charge on any atom is 0.573 e. The fourth-order valence-corrected chi connectivity index (χ4v) is 1.94. The molecule has 0 aliphatic rings. The lowest BCUT2D eigenvalue weighted by atomic mass is 10.1. The number of hydrogen-bond acceptors (Lipinski definition) is 2. The van der Waals surface area contributed by atoms with Crippen LogP contribution in [-0.2, 0) is 0 Å². The Hall–Kier alpha value is -1.88. The number of rotatable bonds is 3. The molecule has 20 heavy (non-hydrogen) atoms. The van der Waals surface area contributed by atoms with Gasteiger partial charge in [0.05, 0.1) is 7.11 Å². The molecule has 0 heterocycles. The van der Waals surface area contributed by atoms with Crippen molar-refractivity contribution in [2.45, 2.75) is 6.36 Å². The quantitative estimate of drug-likeness (QED) is 0.801. The van der Waals surface area contributed by atoms with Gasteiger partial charge in [-0.25, -0.2) is 0 Å². The van der Waals surface area contributed by atoms with E-state index in [2.05, 4.69) is 4.74 Å². The van der Waals surface area contributed by atoms with E-state index in [1.54, 1.807) is 24.3 Å². The van der Waals surface area contributed by atoms with Crippen LogP contribution in [0.2, 0.25) is 5.02 Å². The molecular formula is C14H10ClF3O2. The van der Waals surface area contributed by atoms with E-state index in [1.165, 1.54) is 25.3 Å². The van der Waals surface area contributed by atoms with Crippen LogP contribution in [0.15, 0.2) is 42.5 Å². The van der Waals surface area contributed by atoms with Crippen molar-refractivity contribution >= 4 is 11.6 Å². The molecular weight excluding hydrogens is 293 g/mol. The van der Waals surface area contributed by atoms with E-state index in [4.69, 9.17) is 16.3 Å². The summed E-state index contributed by atoms with van der Waals surface area (Å²) in [7, 11) is 1.50. The summed E-state index contributed by atoms with van der Waals surface area (Å²) in [6, 6.07) is 10.5. The van der Waals surface area contributed by atoms with Gasteiger partial charge in [0.25, 0.3) is 0 Å². The molecule has 0 bridgehead atoms. The summed E-state index contributed by atoms with van der Waals surface area (Å²) in [5.74, 6) is 0.264. The van der Waals surface area contributed by atoms with Gasteiger partial charge in [0, 0.05) is 10.6 Å². The zero-order valence-corrected chi connectivity index (χ0v) is 11.1. The molecule has 6 heteroatoms. The third kappa shape index (κ3) is 3.57. The third-order valence-corrected chi connectivity index (χ3v) is 2.88. The molecule has 0 aliphatic heterocycles. The first-order chi connectivity index (χ1) is 9.39. The fraction of sp³-hybridized carbons (Fsp3) is 0.143. The van der Waals surface area contributed by atoms with Crippen molar-refractivity contribution in [2.75, 3.05) is 7.11 Å². The summed E-state index contributed by atoms with van der Waals surface area (Å²) in [5.41, 5.74) is 1.08. The van der Waals surface area contributed by atoms with Crippen molar-refractivity contribution in [3.8, 4) is 22.6 Å². The molecule has 0 N–H and O–H groups in total. The molecule has 2 aromatic carbocycles. The smallest absolute Gasteiger partial charge is 0.497 e. The van der Waals surface area contributed by atoms with Gasteiger partial charge in [0.15, 0.2) is 0 Å². The van der Waals surface area contributed by atoms with Crippen LogP contribution in [0, 0.1) is 0 Å². The fourth-order valence-electron chi connectivity index (χ4n) is 1.71. The first kappa shape index (κ1) is 14.5. The molecule has 0 aliphatic carbocycles. The second-order valence-electron chi connectivity index (χ2n) is 3.92. The van der Waals surface area contributed by atoms with Gasteiger partial charge in [-0.15, -0.1) is 13.2 Å². The molecule has 0 spiro atoms. The highest BCUT2D eigenvalue weighted by Crippen LogP contribution is 2.34. The van der Waals surface area contributed by atoms with E-state index >= 15 is 0 Å². The minimum atomic E-state index is -4.73. The highest BCUT2D eigenvalue weighted by molar-refractivity contribution is 6.33. The van der Waals surface area contributed by atoms with Crippen LogP contribution in [0.1, 0.15) is 0 Å². The topological polar surface area (TPSA) is 18.5 Å². The number of alkyl halides is 3. The minimum absolute atomic E-state index is 0.297. The van der Waals surface area contributed by atoms with Gasteiger partial charge < -0.3 is 9.47 Å². The summed E-state index contributed by atoms with van der Waals surface area (Å²) in [5, 5.41) is 0.412. The van der Waals surface area contributed by atoms with Gasteiger partial charge in [-0.3, -0.25) is 0 Å². The molecule has 0 saturated heterocycles. The van der Waals surface area contributed by atoms with Crippen LogP contribution in [0.4, 0.5) is 13.2 Å². The lowest BCUT2D eigenvalue weighted by Gasteiger charge is -2.11. The van der Waals surface area contributed by atoms with Crippen LogP contribution in [0.25, 0.3) is 11.1 Å². The zero-order valence-electron chi connectivity index (χ0n) is 10.4. The standard InChI is InChI=1S/C14H10ClF3O2/c1-19-10-5-6-13(15)12(8-10)9-3-2-4-11(7-9)20-14(16,17)18/h2-8H,1H3. The van der Waals surface area contributed by atoms with Crippen LogP contribution in [0.3, 0.4) is 0 Å². The van der Waals surface area contributed by atoms with Crippen molar-refractivity contribution in [1.29, 1.82) is 0 Å². The van der Waals surface area contributed by atoms with E-state index in [0.29, 0.717) is 21.9 Å². The highest BCUT2D eigenvalue weighted by Gasteiger charge is 2.31. The lowest BCUT2D eigenvalue weighted by molar-refractivity contribution is -0.274. The van der Waals surface area contributed by atoms with Gasteiger partial charge in [0.1, 0.15) is 11.5 Å². The Balaban J connectivity index is 2.40. The Morgan fingerprint density at radius 1 is 1.00 bits per heavy atom. The zero-order chi connectivity index (χ0) is 14.8. The van der Waals surface area contributed by atoms with Crippen molar-refractivity contribution in [3.63, 3.8) is 0 Å². The average molecular weight is 303 g/mol. The monoisotopic (exact) mass is 302 g/mol. The molecule has 0 fully saturated rings. The van der Waals surface area contributed by atoms with Crippen LogP contribution in [-0.4, -0.2) is 13.5 Å². The number of methoxy groups -OCH3 is 1. The van der Waals surface area contributed by atoms with Crippen molar-refractivity contribution < 1.29 is 22.6 Å². The van der Waals surface area contributed by atoms with E-state index in [9.17, 15) is 13.2 Å². The summed E-state index contributed by atoms with van der Waals surface area (Å²) >= 11 is 6.05. The van der Waals surface area contributed by atoms with Gasteiger partial charge in [0.2, 0.25) is 0 Å². The number of halogens is 4. The summed E-state index contributed by atoms with van der Waals surface area (Å²) in [4.78, 5) is 0. The molecule has 0 radical (unpaired) electrons. The first-order valence-corrected chi connectivity index (χ1v) is 5.96. The van der Waals surface area contributed by atoms with E-state index in [0.717, 1.165) is 0 Å². The number of benzene rings is 2. The van der Waals surface area contributed by atoms with Crippen molar-refractivity contribution in [3.05, 3.63) is 47.5 Å². The SMILES string of the molecule is COc1ccc(Cl)c(-c2cccc(OC(F)(F)F)c2)c1. The van der Waals surface area contributed by atoms with Gasteiger partial charge in [-0.1, -0.05) is 23.7 Å². The first-order valence-electron chi connectivity index (χ1n) is 5.59. The number of ether oxygens (including phenoxy) is 2. The van der Waals surface area contributed by atoms with E-state index in [-0.39, 0.29) is 5.75 Å². The largest absolute Gasteiger partial charge is 0.573 e. The molecule has 0 aromatic heterocycles. The highest BCUT2D eigenvalue weighted by atomic mass is 35.5. The minimum Gasteiger partial charge on any atom is -0.497 e. The van der Waals surface area contributed by atoms with E-state index < -0.39 is 6.36 Å². The maximum atomic E-state index is 12.2. The molecule has 0 saturated carbocycles. The predicted octanol–water partition coefficient (Wildman–Crippen LogP) is 4.91. The van der Waals surface area contributed by atoms with E-state index in [1.807, 2.05) is 0 Å². The molecule has 0 unspecified atom stereocenters. The Labute approximate surface area is 118 Å². The van der Waals surface area contributed by atoms with Gasteiger partial charge >= 0.3 is 6.36 Å². The molecule has 2 nitrogen and oxygen atoms in total. The second-order valence-corrected chi connectivity index (χ2v) is 4.33. The predicted molar refractivity (Wildman–Crippen MR) is 70.1 cm³/mol. The average Bonchev–Trinajstić information content (AvgIpc) is 2.37. The Morgan fingerprint density at radius 2 is 1.75 bits per heavy atom. The van der Waals surface area contributed by atoms with Gasteiger partial charge in [-0.2, -0.15) is 0 Å². The number of hydrogen-bond donors (Lipinski definition) is 0. The molecule has 0 atom stereocenters.